The van der Waals surface area contributed by atoms with Crippen LogP contribution in [0.3, 0.4) is 0 Å². The molecular weight excluding hydrogens is 402 g/mol. The van der Waals surface area contributed by atoms with Gasteiger partial charge >= 0.3 is 0 Å². The number of nitrogen functional groups attached to an aromatic ring is 1. The van der Waals surface area contributed by atoms with E-state index in [0.29, 0.717) is 27.7 Å². The second kappa shape index (κ2) is 7.34. The van der Waals surface area contributed by atoms with Gasteiger partial charge in [-0.05, 0) is 52.7 Å². The molecule has 2 aromatic heterocycles. The van der Waals surface area contributed by atoms with Gasteiger partial charge in [0, 0.05) is 48.0 Å². The summed E-state index contributed by atoms with van der Waals surface area (Å²) in [5.41, 5.74) is 11.0. The molecule has 4 nitrogen and oxygen atoms in total. The first-order valence-corrected chi connectivity index (χ1v) is 10.8. The van der Waals surface area contributed by atoms with Gasteiger partial charge in [-0.1, -0.05) is 29.8 Å². The van der Waals surface area contributed by atoms with E-state index in [9.17, 15) is 4.79 Å². The van der Waals surface area contributed by atoms with Crippen molar-refractivity contribution in [1.82, 2.24) is 9.47 Å². The predicted octanol–water partition coefficient (Wildman–Crippen LogP) is 5.19. The van der Waals surface area contributed by atoms with E-state index in [-0.39, 0.29) is 5.78 Å². The fraction of sp³-hybridized carbons (Fsp3) is 0.174. The Morgan fingerprint density at radius 1 is 1.10 bits per heavy atom. The summed E-state index contributed by atoms with van der Waals surface area (Å²) in [6, 6.07) is 17.8. The Morgan fingerprint density at radius 2 is 1.90 bits per heavy atom. The number of aromatic nitrogens is 1. The first-order valence-electron chi connectivity index (χ1n) is 9.56. The summed E-state index contributed by atoms with van der Waals surface area (Å²) >= 11 is 7.39. The Balaban J connectivity index is 1.40. The minimum Gasteiger partial charge on any atom is -0.390 e. The number of para-hydroxylation sites is 1. The molecule has 5 rings (SSSR count). The standard InChI is InChI=1S/C23H20ClN3OS/c24-18-7-5-15(6-8-18)22(28)21-17(14-29-23(21)25)12-26-9-10-27-19(13-26)11-16-3-1-2-4-20(16)27/h1-8,11,14H,9-10,12-13,25H2. The molecule has 4 aromatic rings. The normalized spacial score (nSPS) is 14.2. The van der Waals surface area contributed by atoms with E-state index >= 15 is 0 Å². The van der Waals surface area contributed by atoms with Crippen LogP contribution in [0.4, 0.5) is 5.00 Å². The molecule has 2 N–H and O–H groups in total. The quantitative estimate of drug-likeness (QED) is 0.461. The molecule has 3 heterocycles. The zero-order valence-electron chi connectivity index (χ0n) is 15.8. The summed E-state index contributed by atoms with van der Waals surface area (Å²) in [6.07, 6.45) is 0. The van der Waals surface area contributed by atoms with Crippen molar-refractivity contribution in [2.24, 2.45) is 0 Å². The zero-order valence-corrected chi connectivity index (χ0v) is 17.3. The Morgan fingerprint density at radius 3 is 2.72 bits per heavy atom. The largest absolute Gasteiger partial charge is 0.390 e. The number of anilines is 1. The van der Waals surface area contributed by atoms with Gasteiger partial charge in [-0.25, -0.2) is 0 Å². The molecule has 0 fully saturated rings. The summed E-state index contributed by atoms with van der Waals surface area (Å²) in [7, 11) is 0. The average molecular weight is 422 g/mol. The lowest BCUT2D eigenvalue weighted by Gasteiger charge is -2.29. The molecule has 0 aliphatic carbocycles. The summed E-state index contributed by atoms with van der Waals surface area (Å²) in [5, 5.41) is 4.49. The number of nitrogens with two attached hydrogens (primary N) is 1. The number of ketones is 1. The van der Waals surface area contributed by atoms with Crippen LogP contribution >= 0.6 is 22.9 Å². The van der Waals surface area contributed by atoms with Crippen molar-refractivity contribution in [3.63, 3.8) is 0 Å². The predicted molar refractivity (Wildman–Crippen MR) is 120 cm³/mol. The Kier molecular flexibility index (Phi) is 4.66. The van der Waals surface area contributed by atoms with Crippen LogP contribution in [-0.4, -0.2) is 21.8 Å². The van der Waals surface area contributed by atoms with Crippen LogP contribution in [0.25, 0.3) is 10.9 Å². The Hall–Kier alpha value is -2.60. The van der Waals surface area contributed by atoms with E-state index in [0.717, 1.165) is 25.2 Å². The second-order valence-electron chi connectivity index (χ2n) is 7.39. The fourth-order valence-electron chi connectivity index (χ4n) is 4.12. The number of hydrogen-bond acceptors (Lipinski definition) is 4. The van der Waals surface area contributed by atoms with E-state index in [1.165, 1.54) is 27.9 Å². The van der Waals surface area contributed by atoms with Crippen molar-refractivity contribution in [2.45, 2.75) is 19.6 Å². The number of fused-ring (bicyclic) bond motifs is 3. The van der Waals surface area contributed by atoms with E-state index in [4.69, 9.17) is 17.3 Å². The molecule has 146 valence electrons. The molecule has 0 saturated carbocycles. The molecule has 29 heavy (non-hydrogen) atoms. The maximum Gasteiger partial charge on any atom is 0.196 e. The van der Waals surface area contributed by atoms with Gasteiger partial charge in [0.15, 0.2) is 5.78 Å². The van der Waals surface area contributed by atoms with Crippen LogP contribution in [0.1, 0.15) is 27.2 Å². The van der Waals surface area contributed by atoms with E-state index < -0.39 is 0 Å². The highest BCUT2D eigenvalue weighted by atomic mass is 35.5. The molecule has 1 aliphatic rings. The van der Waals surface area contributed by atoms with Crippen LogP contribution in [0.2, 0.25) is 5.02 Å². The van der Waals surface area contributed by atoms with Crippen LogP contribution in [0.15, 0.2) is 60.0 Å². The SMILES string of the molecule is Nc1scc(CN2CCn3c(cc4ccccc43)C2)c1C(=O)c1ccc(Cl)cc1. The lowest BCUT2D eigenvalue weighted by Crippen LogP contribution is -2.33. The highest BCUT2D eigenvalue weighted by Gasteiger charge is 2.23. The average Bonchev–Trinajstić information content (AvgIpc) is 3.27. The second-order valence-corrected chi connectivity index (χ2v) is 8.74. The third-order valence-corrected chi connectivity index (χ3v) is 6.66. The molecular formula is C23H20ClN3OS. The van der Waals surface area contributed by atoms with Gasteiger partial charge in [0.05, 0.1) is 10.6 Å². The van der Waals surface area contributed by atoms with Gasteiger partial charge in [-0.15, -0.1) is 11.3 Å². The number of rotatable bonds is 4. The fourth-order valence-corrected chi connectivity index (χ4v) is 5.05. The smallest absolute Gasteiger partial charge is 0.196 e. The van der Waals surface area contributed by atoms with Crippen molar-refractivity contribution in [1.29, 1.82) is 0 Å². The maximum absolute atomic E-state index is 13.1. The van der Waals surface area contributed by atoms with Crippen molar-refractivity contribution in [3.8, 4) is 0 Å². The van der Waals surface area contributed by atoms with Gasteiger partial charge < -0.3 is 10.3 Å². The molecule has 2 aromatic carbocycles. The van der Waals surface area contributed by atoms with Crippen LogP contribution in [0.5, 0.6) is 0 Å². The Bertz CT molecular complexity index is 1210. The first-order chi connectivity index (χ1) is 14.1. The molecule has 6 heteroatoms. The summed E-state index contributed by atoms with van der Waals surface area (Å²) < 4.78 is 2.40. The monoisotopic (exact) mass is 421 g/mol. The lowest BCUT2D eigenvalue weighted by atomic mass is 10.0. The maximum atomic E-state index is 13.1. The molecule has 0 unspecified atom stereocenters. The third kappa shape index (κ3) is 3.35. The summed E-state index contributed by atoms with van der Waals surface area (Å²) in [4.78, 5) is 15.5. The minimum atomic E-state index is -0.0402. The molecule has 1 aliphatic heterocycles. The number of thiophene rings is 1. The molecule has 0 spiro atoms. The number of benzene rings is 2. The minimum absolute atomic E-state index is 0.0402. The van der Waals surface area contributed by atoms with E-state index in [1.54, 1.807) is 24.3 Å². The molecule has 0 atom stereocenters. The molecule has 0 amide bonds. The van der Waals surface area contributed by atoms with Gasteiger partial charge in [-0.3, -0.25) is 9.69 Å². The van der Waals surface area contributed by atoms with Gasteiger partial charge in [-0.2, -0.15) is 0 Å². The number of nitrogens with zero attached hydrogens (tertiary/aromatic N) is 2. The van der Waals surface area contributed by atoms with Crippen molar-refractivity contribution >= 4 is 44.6 Å². The first kappa shape index (κ1) is 18.4. The number of carbonyl (C=O) groups excluding carboxylic acids is 1. The van der Waals surface area contributed by atoms with Crippen molar-refractivity contribution < 1.29 is 4.79 Å². The van der Waals surface area contributed by atoms with E-state index in [2.05, 4.69) is 39.8 Å². The van der Waals surface area contributed by atoms with E-state index in [1.807, 2.05) is 5.38 Å². The van der Waals surface area contributed by atoms with Crippen LogP contribution < -0.4 is 5.73 Å². The van der Waals surface area contributed by atoms with Crippen molar-refractivity contribution in [3.05, 3.63) is 87.4 Å². The van der Waals surface area contributed by atoms with Crippen molar-refractivity contribution in [2.75, 3.05) is 12.3 Å². The van der Waals surface area contributed by atoms with Crippen LogP contribution in [0, 0.1) is 0 Å². The summed E-state index contributed by atoms with van der Waals surface area (Å²) in [5.74, 6) is -0.0402. The zero-order chi connectivity index (χ0) is 20.0. The lowest BCUT2D eigenvalue weighted by molar-refractivity contribution is 0.103. The van der Waals surface area contributed by atoms with Crippen LogP contribution in [-0.2, 0) is 19.6 Å². The Labute approximate surface area is 178 Å². The van der Waals surface area contributed by atoms with Gasteiger partial charge in [0.25, 0.3) is 0 Å². The molecule has 0 bridgehead atoms. The summed E-state index contributed by atoms with van der Waals surface area (Å²) in [6.45, 7) is 3.46. The number of halogens is 1. The van der Waals surface area contributed by atoms with Gasteiger partial charge in [0.2, 0.25) is 0 Å². The third-order valence-electron chi connectivity index (χ3n) is 5.54. The number of carbonyl (C=O) groups is 1. The highest BCUT2D eigenvalue weighted by Crippen LogP contribution is 2.31. The molecule has 0 saturated heterocycles. The van der Waals surface area contributed by atoms with Gasteiger partial charge in [0.1, 0.15) is 0 Å². The highest BCUT2D eigenvalue weighted by molar-refractivity contribution is 7.14. The number of hydrogen-bond donors (Lipinski definition) is 1. The molecule has 0 radical (unpaired) electrons. The topological polar surface area (TPSA) is 51.3 Å².